The van der Waals surface area contributed by atoms with Crippen molar-refractivity contribution in [3.05, 3.63) is 126 Å². The first-order chi connectivity index (χ1) is 16.1. The third kappa shape index (κ3) is 5.66. The quantitative estimate of drug-likeness (QED) is 0.317. The molecule has 0 aliphatic carbocycles. The predicted molar refractivity (Wildman–Crippen MR) is 131 cm³/mol. The molecule has 164 valence electrons. The maximum Gasteiger partial charge on any atom is 0.323 e. The molecule has 0 fully saturated rings. The first-order valence-electron chi connectivity index (χ1n) is 10.6. The van der Waals surface area contributed by atoms with E-state index < -0.39 is 6.03 Å². The Bertz CT molecular complexity index is 1190. The highest BCUT2D eigenvalue weighted by atomic mass is 16.5. The molecule has 0 saturated heterocycles. The highest BCUT2D eigenvalue weighted by Crippen LogP contribution is 2.32. The zero-order valence-corrected chi connectivity index (χ0v) is 18.2. The minimum absolute atomic E-state index is 0.156. The van der Waals surface area contributed by atoms with Crippen LogP contribution in [0.2, 0.25) is 0 Å². The summed E-state index contributed by atoms with van der Waals surface area (Å²) in [6.45, 7) is 1.48. The van der Waals surface area contributed by atoms with Crippen LogP contribution >= 0.6 is 0 Å². The van der Waals surface area contributed by atoms with Crippen LogP contribution < -0.4 is 15.4 Å². The Morgan fingerprint density at radius 2 is 1.18 bits per heavy atom. The Hall–Kier alpha value is -4.38. The monoisotopic (exact) mass is 436 g/mol. The molecule has 0 spiro atoms. The number of anilines is 2. The number of benzene rings is 4. The van der Waals surface area contributed by atoms with Crippen LogP contribution in [0.3, 0.4) is 0 Å². The van der Waals surface area contributed by atoms with E-state index in [1.54, 1.807) is 30.3 Å². The Labute approximate surface area is 193 Å². The first-order valence-corrected chi connectivity index (χ1v) is 10.6. The van der Waals surface area contributed by atoms with Crippen LogP contribution in [0.25, 0.3) is 0 Å². The molecule has 0 radical (unpaired) electrons. The van der Waals surface area contributed by atoms with Gasteiger partial charge in [0.1, 0.15) is 11.9 Å². The second-order valence-corrected chi connectivity index (χ2v) is 7.53. The van der Waals surface area contributed by atoms with Crippen molar-refractivity contribution in [2.45, 2.75) is 13.0 Å². The molecule has 4 aromatic rings. The van der Waals surface area contributed by atoms with Crippen molar-refractivity contribution in [3.8, 4) is 5.75 Å². The third-order valence-corrected chi connectivity index (χ3v) is 5.10. The van der Waals surface area contributed by atoms with E-state index in [-0.39, 0.29) is 11.9 Å². The van der Waals surface area contributed by atoms with E-state index in [9.17, 15) is 9.59 Å². The fourth-order valence-electron chi connectivity index (χ4n) is 3.51. The highest BCUT2D eigenvalue weighted by molar-refractivity contribution is 6.02. The lowest BCUT2D eigenvalue weighted by molar-refractivity contribution is 0.101. The van der Waals surface area contributed by atoms with E-state index in [2.05, 4.69) is 10.6 Å². The van der Waals surface area contributed by atoms with Crippen molar-refractivity contribution in [3.63, 3.8) is 0 Å². The van der Waals surface area contributed by atoms with Crippen LogP contribution in [-0.2, 0) is 0 Å². The number of hydrogen-bond donors (Lipinski definition) is 2. The molecule has 0 aliphatic heterocycles. The number of amides is 2. The lowest BCUT2D eigenvalue weighted by Crippen LogP contribution is -2.19. The molecule has 0 atom stereocenters. The number of nitrogens with one attached hydrogen (secondary N) is 2. The van der Waals surface area contributed by atoms with Crippen molar-refractivity contribution in [1.82, 2.24) is 0 Å². The number of Topliss-reactive ketones (excluding diaryl/α,β-unsaturated/α-hetero) is 1. The maximum atomic E-state index is 12.4. The summed E-state index contributed by atoms with van der Waals surface area (Å²) in [6.07, 6.45) is -0.384. The van der Waals surface area contributed by atoms with E-state index in [0.29, 0.717) is 22.7 Å². The van der Waals surface area contributed by atoms with Crippen molar-refractivity contribution in [2.75, 3.05) is 10.6 Å². The van der Waals surface area contributed by atoms with Crippen molar-refractivity contribution < 1.29 is 14.3 Å². The van der Waals surface area contributed by atoms with Gasteiger partial charge in [-0.2, -0.15) is 0 Å². The van der Waals surface area contributed by atoms with E-state index in [4.69, 9.17) is 4.74 Å². The van der Waals surface area contributed by atoms with Gasteiger partial charge in [0.2, 0.25) is 0 Å². The van der Waals surface area contributed by atoms with Crippen molar-refractivity contribution in [1.29, 1.82) is 0 Å². The Balaban J connectivity index is 1.59. The Morgan fingerprint density at radius 1 is 0.667 bits per heavy atom. The van der Waals surface area contributed by atoms with E-state index in [1.807, 2.05) is 78.9 Å². The fraction of sp³-hybridized carbons (Fsp3) is 0.0714. The smallest absolute Gasteiger partial charge is 0.323 e. The van der Waals surface area contributed by atoms with Crippen LogP contribution in [0.1, 0.15) is 34.5 Å². The molecule has 0 saturated carbocycles. The van der Waals surface area contributed by atoms with Crippen LogP contribution in [0.4, 0.5) is 16.2 Å². The average Bonchev–Trinajstić information content (AvgIpc) is 2.84. The lowest BCUT2D eigenvalue weighted by Gasteiger charge is -2.22. The third-order valence-electron chi connectivity index (χ3n) is 5.10. The van der Waals surface area contributed by atoms with Crippen LogP contribution in [0.15, 0.2) is 109 Å². The van der Waals surface area contributed by atoms with E-state index in [1.165, 1.54) is 6.92 Å². The minimum Gasteiger partial charge on any atom is -0.480 e. The summed E-state index contributed by atoms with van der Waals surface area (Å²) in [5, 5.41) is 5.53. The summed E-state index contributed by atoms with van der Waals surface area (Å²) in [4.78, 5) is 24.8. The highest BCUT2D eigenvalue weighted by Gasteiger charge is 2.19. The van der Waals surface area contributed by atoms with Gasteiger partial charge in [-0.25, -0.2) is 4.79 Å². The number of carbonyl (C=O) groups excluding carboxylic acids is 2. The topological polar surface area (TPSA) is 67.4 Å². The van der Waals surface area contributed by atoms with Crippen LogP contribution in [-0.4, -0.2) is 11.8 Å². The minimum atomic E-state index is -0.393. The Morgan fingerprint density at radius 3 is 1.73 bits per heavy atom. The van der Waals surface area contributed by atoms with Gasteiger partial charge in [-0.05, 0) is 48.4 Å². The summed E-state index contributed by atoms with van der Waals surface area (Å²) in [6, 6.07) is 33.5. The van der Waals surface area contributed by atoms with Gasteiger partial charge >= 0.3 is 6.03 Å². The molecule has 4 rings (SSSR count). The zero-order valence-electron chi connectivity index (χ0n) is 18.2. The van der Waals surface area contributed by atoms with Crippen LogP contribution in [0, 0.1) is 0 Å². The molecule has 33 heavy (non-hydrogen) atoms. The summed E-state index contributed by atoms with van der Waals surface area (Å²) in [7, 11) is 0. The maximum absolute atomic E-state index is 12.4. The van der Waals surface area contributed by atoms with Gasteiger partial charge in [-0.15, -0.1) is 0 Å². The van der Waals surface area contributed by atoms with Crippen molar-refractivity contribution in [2.24, 2.45) is 0 Å². The van der Waals surface area contributed by atoms with Crippen molar-refractivity contribution >= 4 is 23.2 Å². The number of urea groups is 1. The van der Waals surface area contributed by atoms with Gasteiger partial charge in [0.05, 0.1) is 5.56 Å². The molecule has 0 unspecified atom stereocenters. The number of ketones is 1. The second kappa shape index (κ2) is 10.3. The summed E-state index contributed by atoms with van der Waals surface area (Å²) < 4.78 is 6.39. The van der Waals surface area contributed by atoms with E-state index >= 15 is 0 Å². The number of rotatable bonds is 7. The average molecular weight is 437 g/mol. The first kappa shape index (κ1) is 21.8. The molecule has 0 aliphatic rings. The largest absolute Gasteiger partial charge is 0.480 e. The molecular formula is C28H24N2O3. The molecule has 2 N–H and O–H groups in total. The van der Waals surface area contributed by atoms with Crippen LogP contribution in [0.5, 0.6) is 5.75 Å². The molecular weight excluding hydrogens is 412 g/mol. The van der Waals surface area contributed by atoms with Gasteiger partial charge in [0.15, 0.2) is 5.78 Å². The molecule has 5 nitrogen and oxygen atoms in total. The standard InChI is InChI=1S/C28H24N2O3/c1-20(31)25-19-24(30-28(32)29-23-15-9-4-10-16-23)17-18-26(25)33-27(21-11-5-2-6-12-21)22-13-7-3-8-14-22/h2-19,27H,1H3,(H2,29,30,32). The summed E-state index contributed by atoms with van der Waals surface area (Å²) >= 11 is 0. The predicted octanol–water partition coefficient (Wildman–Crippen LogP) is 6.70. The molecule has 0 heterocycles. The number of ether oxygens (including phenoxy) is 1. The second-order valence-electron chi connectivity index (χ2n) is 7.53. The molecule has 0 aromatic heterocycles. The van der Waals surface area contributed by atoms with Gasteiger partial charge in [-0.1, -0.05) is 78.9 Å². The SMILES string of the molecule is CC(=O)c1cc(NC(=O)Nc2ccccc2)ccc1OC(c1ccccc1)c1ccccc1. The van der Waals surface area contributed by atoms with Gasteiger partial charge in [0, 0.05) is 11.4 Å². The van der Waals surface area contributed by atoms with E-state index in [0.717, 1.165) is 11.1 Å². The molecule has 4 aromatic carbocycles. The Kier molecular flexibility index (Phi) is 6.81. The fourth-order valence-corrected chi connectivity index (χ4v) is 3.51. The summed E-state index contributed by atoms with van der Waals surface area (Å²) in [5.41, 5.74) is 3.52. The molecule has 5 heteroatoms. The van der Waals surface area contributed by atoms with Gasteiger partial charge in [-0.3, -0.25) is 4.79 Å². The van der Waals surface area contributed by atoms with Gasteiger partial charge in [0.25, 0.3) is 0 Å². The lowest BCUT2D eigenvalue weighted by atomic mass is 10.0. The normalized spacial score (nSPS) is 10.5. The number of para-hydroxylation sites is 1. The number of carbonyl (C=O) groups is 2. The zero-order chi connectivity index (χ0) is 23.0. The number of hydrogen-bond acceptors (Lipinski definition) is 3. The molecule has 0 bridgehead atoms. The van der Waals surface area contributed by atoms with Gasteiger partial charge < -0.3 is 15.4 Å². The molecule has 2 amide bonds. The summed E-state index contributed by atoms with van der Waals surface area (Å²) in [5.74, 6) is 0.297.